The summed E-state index contributed by atoms with van der Waals surface area (Å²) in [6.07, 6.45) is 2.55. The molecule has 1 aliphatic heterocycles. The zero-order valence-corrected chi connectivity index (χ0v) is 12.0. The van der Waals surface area contributed by atoms with Gasteiger partial charge >= 0.3 is 0 Å². The molecule has 1 aliphatic rings. The molecule has 1 aromatic rings. The van der Waals surface area contributed by atoms with Gasteiger partial charge in [0, 0.05) is 5.56 Å². The van der Waals surface area contributed by atoms with E-state index in [-0.39, 0.29) is 18.3 Å². The molecule has 2 atom stereocenters. The average molecular weight is 290 g/mol. The number of pyridine rings is 1. The fraction of sp³-hybridized carbons (Fsp3) is 0.615. The normalized spacial score (nSPS) is 28.3. The molecule has 0 spiro atoms. The third-order valence-electron chi connectivity index (χ3n) is 3.02. The maximum atomic E-state index is 6.00. The van der Waals surface area contributed by atoms with Crippen molar-refractivity contribution in [2.45, 2.75) is 51.6 Å². The van der Waals surface area contributed by atoms with Gasteiger partial charge < -0.3 is 9.47 Å². The maximum Gasteiger partial charge on any atom is 0.136 e. The van der Waals surface area contributed by atoms with E-state index >= 15 is 0 Å². The molecule has 2 heterocycles. The van der Waals surface area contributed by atoms with Crippen molar-refractivity contribution in [1.82, 2.24) is 4.98 Å². The summed E-state index contributed by atoms with van der Waals surface area (Å²) in [5, 5.41) is 0.813. The molecule has 1 fully saturated rings. The van der Waals surface area contributed by atoms with E-state index in [4.69, 9.17) is 32.7 Å². The molecule has 3 nitrogen and oxygen atoms in total. The second-order valence-corrected chi connectivity index (χ2v) is 5.49. The van der Waals surface area contributed by atoms with Crippen molar-refractivity contribution in [3.63, 3.8) is 0 Å². The highest BCUT2D eigenvalue weighted by molar-refractivity contribution is 6.32. The monoisotopic (exact) mass is 289 g/mol. The average Bonchev–Trinajstić information content (AvgIpc) is 2.26. The lowest BCUT2D eigenvalue weighted by atomic mass is 10.0. The zero-order valence-electron chi connectivity index (χ0n) is 10.5. The molecule has 18 heavy (non-hydrogen) atoms. The SMILES string of the molecule is CC1CC(OCc2ccc(Cl)nc2Cl)CC(C)O1. The summed E-state index contributed by atoms with van der Waals surface area (Å²) in [5.74, 6) is 0. The number of aromatic nitrogens is 1. The van der Waals surface area contributed by atoms with E-state index in [0.29, 0.717) is 16.9 Å². The van der Waals surface area contributed by atoms with Crippen LogP contribution in [0.3, 0.4) is 0 Å². The third kappa shape index (κ3) is 3.82. The van der Waals surface area contributed by atoms with Crippen molar-refractivity contribution in [3.8, 4) is 0 Å². The van der Waals surface area contributed by atoms with E-state index in [1.165, 1.54) is 0 Å². The zero-order chi connectivity index (χ0) is 13.1. The van der Waals surface area contributed by atoms with Gasteiger partial charge in [-0.15, -0.1) is 0 Å². The first-order valence-corrected chi connectivity index (χ1v) is 6.88. The van der Waals surface area contributed by atoms with Crippen LogP contribution < -0.4 is 0 Å². The van der Waals surface area contributed by atoms with Crippen molar-refractivity contribution < 1.29 is 9.47 Å². The number of hydrogen-bond donors (Lipinski definition) is 0. The molecular formula is C13H17Cl2NO2. The van der Waals surface area contributed by atoms with Crippen molar-refractivity contribution in [3.05, 3.63) is 28.0 Å². The van der Waals surface area contributed by atoms with Crippen molar-refractivity contribution in [2.24, 2.45) is 0 Å². The van der Waals surface area contributed by atoms with Crippen LogP contribution in [0, 0.1) is 0 Å². The smallest absolute Gasteiger partial charge is 0.136 e. The van der Waals surface area contributed by atoms with E-state index in [1.54, 1.807) is 6.07 Å². The topological polar surface area (TPSA) is 31.4 Å². The second-order valence-electron chi connectivity index (χ2n) is 4.75. The first kappa shape index (κ1) is 14.1. The Bertz CT molecular complexity index is 404. The molecule has 0 radical (unpaired) electrons. The standard InChI is InChI=1S/C13H17Cl2NO2/c1-8-5-11(6-9(2)18-8)17-7-10-3-4-12(14)16-13(10)15/h3-4,8-9,11H,5-7H2,1-2H3. The van der Waals surface area contributed by atoms with Gasteiger partial charge in [-0.2, -0.15) is 0 Å². The predicted octanol–water partition coefficient (Wildman–Crippen LogP) is 3.86. The Morgan fingerprint density at radius 1 is 1.28 bits per heavy atom. The van der Waals surface area contributed by atoms with Crippen molar-refractivity contribution in [1.29, 1.82) is 0 Å². The minimum Gasteiger partial charge on any atom is -0.375 e. The van der Waals surface area contributed by atoms with E-state index in [2.05, 4.69) is 18.8 Å². The summed E-state index contributed by atoms with van der Waals surface area (Å²) >= 11 is 11.8. The lowest BCUT2D eigenvalue weighted by molar-refractivity contribution is -0.106. The number of nitrogens with zero attached hydrogens (tertiary/aromatic N) is 1. The van der Waals surface area contributed by atoms with Crippen LogP contribution in [-0.4, -0.2) is 23.3 Å². The Morgan fingerprint density at radius 3 is 2.56 bits per heavy atom. The number of halogens is 2. The summed E-state index contributed by atoms with van der Waals surface area (Å²) in [4.78, 5) is 3.99. The largest absolute Gasteiger partial charge is 0.375 e. The van der Waals surface area contributed by atoms with E-state index in [1.807, 2.05) is 6.07 Å². The van der Waals surface area contributed by atoms with Gasteiger partial charge in [-0.25, -0.2) is 4.98 Å². The van der Waals surface area contributed by atoms with Gasteiger partial charge in [0.05, 0.1) is 24.9 Å². The van der Waals surface area contributed by atoms with Crippen LogP contribution in [0.5, 0.6) is 0 Å². The Hall–Kier alpha value is -0.350. The first-order chi connectivity index (χ1) is 8.54. The Labute approximate surface area is 117 Å². The van der Waals surface area contributed by atoms with Crippen LogP contribution >= 0.6 is 23.2 Å². The summed E-state index contributed by atoms with van der Waals surface area (Å²) in [6.45, 7) is 4.61. The summed E-state index contributed by atoms with van der Waals surface area (Å²) in [7, 11) is 0. The molecule has 0 amide bonds. The fourth-order valence-corrected chi connectivity index (χ4v) is 2.64. The van der Waals surface area contributed by atoms with Crippen molar-refractivity contribution >= 4 is 23.2 Å². The fourth-order valence-electron chi connectivity index (χ4n) is 2.24. The molecule has 0 bridgehead atoms. The molecule has 1 aromatic heterocycles. The minimum atomic E-state index is 0.218. The second kappa shape index (κ2) is 6.20. The summed E-state index contributed by atoms with van der Waals surface area (Å²) in [5.41, 5.74) is 0.868. The molecule has 5 heteroatoms. The van der Waals surface area contributed by atoms with Crippen LogP contribution in [0.1, 0.15) is 32.3 Å². The molecule has 2 rings (SSSR count). The Morgan fingerprint density at radius 2 is 1.94 bits per heavy atom. The van der Waals surface area contributed by atoms with Crippen LogP contribution in [0.15, 0.2) is 12.1 Å². The molecule has 0 saturated carbocycles. The van der Waals surface area contributed by atoms with Gasteiger partial charge in [0.25, 0.3) is 0 Å². The van der Waals surface area contributed by atoms with Gasteiger partial charge in [-0.05, 0) is 32.8 Å². The van der Waals surface area contributed by atoms with E-state index in [9.17, 15) is 0 Å². The van der Waals surface area contributed by atoms with Gasteiger partial charge in [-0.3, -0.25) is 0 Å². The van der Waals surface area contributed by atoms with E-state index < -0.39 is 0 Å². The van der Waals surface area contributed by atoms with Gasteiger partial charge in [0.1, 0.15) is 10.3 Å². The van der Waals surface area contributed by atoms with Gasteiger partial charge in [-0.1, -0.05) is 29.3 Å². The molecule has 2 unspecified atom stereocenters. The summed E-state index contributed by atoms with van der Waals surface area (Å²) in [6, 6.07) is 3.57. The quantitative estimate of drug-likeness (QED) is 0.792. The minimum absolute atomic E-state index is 0.218. The van der Waals surface area contributed by atoms with Gasteiger partial charge in [0.15, 0.2) is 0 Å². The molecular weight excluding hydrogens is 273 g/mol. The highest BCUT2D eigenvalue weighted by Gasteiger charge is 2.25. The van der Waals surface area contributed by atoms with Crippen LogP contribution in [0.2, 0.25) is 10.3 Å². The molecule has 0 aromatic carbocycles. The van der Waals surface area contributed by atoms with Crippen molar-refractivity contribution in [2.75, 3.05) is 0 Å². The Kier molecular flexibility index (Phi) is 4.84. The number of rotatable bonds is 3. The number of ether oxygens (including phenoxy) is 2. The molecule has 100 valence electrons. The van der Waals surface area contributed by atoms with Gasteiger partial charge in [0.2, 0.25) is 0 Å². The lowest BCUT2D eigenvalue weighted by Crippen LogP contribution is -2.34. The highest BCUT2D eigenvalue weighted by atomic mass is 35.5. The third-order valence-corrected chi connectivity index (χ3v) is 3.56. The van der Waals surface area contributed by atoms with E-state index in [0.717, 1.165) is 18.4 Å². The predicted molar refractivity (Wildman–Crippen MR) is 72.1 cm³/mol. The molecule has 1 saturated heterocycles. The molecule has 0 aliphatic carbocycles. The first-order valence-electron chi connectivity index (χ1n) is 6.12. The van der Waals surface area contributed by atoms with Crippen LogP contribution in [-0.2, 0) is 16.1 Å². The molecule has 0 N–H and O–H groups in total. The lowest BCUT2D eigenvalue weighted by Gasteiger charge is -2.32. The number of hydrogen-bond acceptors (Lipinski definition) is 3. The highest BCUT2D eigenvalue weighted by Crippen LogP contribution is 2.24. The Balaban J connectivity index is 1.91. The van der Waals surface area contributed by atoms with Crippen LogP contribution in [0.25, 0.3) is 0 Å². The summed E-state index contributed by atoms with van der Waals surface area (Å²) < 4.78 is 11.6. The maximum absolute atomic E-state index is 6.00. The van der Waals surface area contributed by atoms with Crippen LogP contribution in [0.4, 0.5) is 0 Å².